The highest BCUT2D eigenvalue weighted by molar-refractivity contribution is 5.78. The molecule has 1 saturated heterocycles. The predicted octanol–water partition coefficient (Wildman–Crippen LogP) is 0.678. The average molecular weight is 267 g/mol. The number of nitrogens with zero attached hydrogens (tertiary/aromatic N) is 2. The molecular formula is C11H20F3N3O. The fourth-order valence-corrected chi connectivity index (χ4v) is 2.10. The van der Waals surface area contributed by atoms with Gasteiger partial charge in [0, 0.05) is 13.6 Å². The Hall–Kier alpha value is -0.820. The molecule has 0 aliphatic carbocycles. The van der Waals surface area contributed by atoms with Crippen molar-refractivity contribution in [2.45, 2.75) is 19.5 Å². The van der Waals surface area contributed by atoms with Crippen LogP contribution in [0.3, 0.4) is 0 Å². The van der Waals surface area contributed by atoms with Crippen molar-refractivity contribution < 1.29 is 18.0 Å². The van der Waals surface area contributed by atoms with E-state index in [2.05, 4.69) is 0 Å². The summed E-state index contributed by atoms with van der Waals surface area (Å²) in [4.78, 5) is 14.2. The largest absolute Gasteiger partial charge is 0.406 e. The molecule has 0 saturated carbocycles. The first-order valence-electron chi connectivity index (χ1n) is 5.88. The summed E-state index contributed by atoms with van der Waals surface area (Å²) in [6, 6.07) is 0. The van der Waals surface area contributed by atoms with Crippen molar-refractivity contribution in [3.05, 3.63) is 0 Å². The number of hydrogen-bond donors (Lipinski definition) is 1. The van der Waals surface area contributed by atoms with Gasteiger partial charge in [0.2, 0.25) is 5.91 Å². The molecule has 1 unspecified atom stereocenters. The molecule has 2 N–H and O–H groups in total. The molecule has 1 amide bonds. The van der Waals surface area contributed by atoms with Crippen LogP contribution in [-0.4, -0.2) is 61.7 Å². The van der Waals surface area contributed by atoms with Gasteiger partial charge in [0.1, 0.15) is 6.54 Å². The van der Waals surface area contributed by atoms with E-state index in [0.29, 0.717) is 19.6 Å². The molecule has 1 aliphatic rings. The van der Waals surface area contributed by atoms with Gasteiger partial charge in [0.05, 0.1) is 6.54 Å². The quantitative estimate of drug-likeness (QED) is 0.815. The fourth-order valence-electron chi connectivity index (χ4n) is 2.10. The lowest BCUT2D eigenvalue weighted by Crippen LogP contribution is -2.42. The van der Waals surface area contributed by atoms with Crippen molar-refractivity contribution in [3.63, 3.8) is 0 Å². The molecule has 0 radical (unpaired) electrons. The van der Waals surface area contributed by atoms with E-state index in [-0.39, 0.29) is 12.0 Å². The second kappa shape index (κ2) is 5.44. The molecule has 0 bridgehead atoms. The van der Waals surface area contributed by atoms with Crippen LogP contribution < -0.4 is 5.73 Å². The molecule has 1 atom stereocenters. The number of alkyl halides is 3. The van der Waals surface area contributed by atoms with Crippen LogP contribution in [0.5, 0.6) is 0 Å². The van der Waals surface area contributed by atoms with Crippen LogP contribution in [0, 0.1) is 5.41 Å². The van der Waals surface area contributed by atoms with Gasteiger partial charge in [0.15, 0.2) is 0 Å². The van der Waals surface area contributed by atoms with Crippen LogP contribution in [-0.2, 0) is 4.79 Å². The Morgan fingerprint density at radius 2 is 2.11 bits per heavy atom. The molecule has 0 aromatic carbocycles. The lowest BCUT2D eigenvalue weighted by atomic mass is 9.90. The van der Waals surface area contributed by atoms with E-state index in [1.807, 2.05) is 11.8 Å². The third-order valence-corrected chi connectivity index (χ3v) is 3.33. The zero-order valence-electron chi connectivity index (χ0n) is 10.8. The number of hydrogen-bond acceptors (Lipinski definition) is 3. The molecule has 0 aromatic heterocycles. The maximum atomic E-state index is 12.1. The van der Waals surface area contributed by atoms with Crippen LogP contribution >= 0.6 is 0 Å². The van der Waals surface area contributed by atoms with E-state index < -0.39 is 18.6 Å². The van der Waals surface area contributed by atoms with Crippen LogP contribution in [0.15, 0.2) is 0 Å². The van der Waals surface area contributed by atoms with Gasteiger partial charge in [-0.3, -0.25) is 9.69 Å². The summed E-state index contributed by atoms with van der Waals surface area (Å²) in [6.07, 6.45) is -3.47. The molecule has 106 valence electrons. The van der Waals surface area contributed by atoms with Gasteiger partial charge < -0.3 is 10.6 Å². The number of likely N-dealkylation sites (tertiary alicyclic amines) is 1. The summed E-state index contributed by atoms with van der Waals surface area (Å²) < 4.78 is 36.4. The number of amides is 1. The monoisotopic (exact) mass is 267 g/mol. The smallest absolute Gasteiger partial charge is 0.336 e. The average Bonchev–Trinajstić information content (AvgIpc) is 2.58. The van der Waals surface area contributed by atoms with E-state index in [1.165, 1.54) is 7.05 Å². The fraction of sp³-hybridized carbons (Fsp3) is 0.909. The molecule has 18 heavy (non-hydrogen) atoms. The van der Waals surface area contributed by atoms with E-state index in [0.717, 1.165) is 11.3 Å². The van der Waals surface area contributed by atoms with E-state index in [4.69, 9.17) is 5.73 Å². The van der Waals surface area contributed by atoms with Gasteiger partial charge in [-0.25, -0.2) is 0 Å². The van der Waals surface area contributed by atoms with Crippen molar-refractivity contribution in [1.29, 1.82) is 0 Å². The Morgan fingerprint density at radius 3 is 2.56 bits per heavy atom. The lowest BCUT2D eigenvalue weighted by molar-refractivity contribution is -0.158. The van der Waals surface area contributed by atoms with Crippen molar-refractivity contribution >= 4 is 5.91 Å². The summed E-state index contributed by atoms with van der Waals surface area (Å²) in [6.45, 7) is 2.75. The highest BCUT2D eigenvalue weighted by atomic mass is 19.4. The minimum absolute atomic E-state index is 0.0249. The van der Waals surface area contributed by atoms with Crippen LogP contribution in [0.1, 0.15) is 13.3 Å². The normalized spacial score (nSPS) is 25.4. The number of rotatable bonds is 4. The van der Waals surface area contributed by atoms with Crippen molar-refractivity contribution in [2.75, 3.05) is 39.8 Å². The first-order valence-corrected chi connectivity index (χ1v) is 5.88. The van der Waals surface area contributed by atoms with Crippen LogP contribution in [0.4, 0.5) is 13.2 Å². The first-order chi connectivity index (χ1) is 8.15. The molecule has 1 heterocycles. The van der Waals surface area contributed by atoms with Crippen molar-refractivity contribution in [3.8, 4) is 0 Å². The standard InChI is InChI=1S/C11H20F3N3O/c1-10(6-15)3-4-17(7-10)5-9(18)16(2)8-11(12,13)14/h3-8,15H2,1-2H3. The minimum Gasteiger partial charge on any atom is -0.336 e. The van der Waals surface area contributed by atoms with E-state index >= 15 is 0 Å². The summed E-state index contributed by atoms with van der Waals surface area (Å²) >= 11 is 0. The summed E-state index contributed by atoms with van der Waals surface area (Å²) in [5.41, 5.74) is 5.61. The predicted molar refractivity (Wildman–Crippen MR) is 61.9 cm³/mol. The van der Waals surface area contributed by atoms with E-state index in [1.54, 1.807) is 0 Å². The summed E-state index contributed by atoms with van der Waals surface area (Å²) in [7, 11) is 1.17. The molecule has 0 aromatic rings. The molecule has 1 rings (SSSR count). The number of halogens is 3. The molecule has 4 nitrogen and oxygen atoms in total. The van der Waals surface area contributed by atoms with Gasteiger partial charge in [-0.15, -0.1) is 0 Å². The zero-order valence-corrected chi connectivity index (χ0v) is 10.8. The minimum atomic E-state index is -4.35. The molecule has 1 fully saturated rings. The molecule has 1 aliphatic heterocycles. The van der Waals surface area contributed by atoms with Crippen molar-refractivity contribution in [1.82, 2.24) is 9.80 Å². The van der Waals surface area contributed by atoms with Gasteiger partial charge in [0.25, 0.3) is 0 Å². The zero-order chi connectivity index (χ0) is 14.0. The molecule has 0 spiro atoms. The van der Waals surface area contributed by atoms with Gasteiger partial charge in [-0.1, -0.05) is 6.92 Å². The highest BCUT2D eigenvalue weighted by Crippen LogP contribution is 2.28. The Bertz CT molecular complexity index is 308. The highest BCUT2D eigenvalue weighted by Gasteiger charge is 2.35. The summed E-state index contributed by atoms with van der Waals surface area (Å²) in [5.74, 6) is -0.506. The van der Waals surface area contributed by atoms with Gasteiger partial charge >= 0.3 is 6.18 Å². The SMILES string of the molecule is CN(CC(F)(F)F)C(=O)CN1CCC(C)(CN)C1. The van der Waals surface area contributed by atoms with Crippen LogP contribution in [0.25, 0.3) is 0 Å². The topological polar surface area (TPSA) is 49.6 Å². The van der Waals surface area contributed by atoms with Gasteiger partial charge in [-0.2, -0.15) is 13.2 Å². The Kier molecular flexibility index (Phi) is 4.61. The number of likely N-dealkylation sites (N-methyl/N-ethyl adjacent to an activating group) is 1. The second-order valence-corrected chi connectivity index (χ2v) is 5.34. The third kappa shape index (κ3) is 4.45. The maximum Gasteiger partial charge on any atom is 0.406 e. The molecule has 7 heteroatoms. The number of nitrogens with two attached hydrogens (primary N) is 1. The van der Waals surface area contributed by atoms with Gasteiger partial charge in [-0.05, 0) is 24.9 Å². The second-order valence-electron chi connectivity index (χ2n) is 5.34. The van der Waals surface area contributed by atoms with Crippen molar-refractivity contribution in [2.24, 2.45) is 11.1 Å². The maximum absolute atomic E-state index is 12.1. The summed E-state index contributed by atoms with van der Waals surface area (Å²) in [5, 5.41) is 0. The lowest BCUT2D eigenvalue weighted by Gasteiger charge is -2.24. The Balaban J connectivity index is 2.42. The number of carbonyl (C=O) groups excluding carboxylic acids is 1. The first kappa shape index (κ1) is 15.2. The number of carbonyl (C=O) groups is 1. The Labute approximate surface area is 105 Å². The Morgan fingerprint density at radius 1 is 1.50 bits per heavy atom. The van der Waals surface area contributed by atoms with Crippen LogP contribution in [0.2, 0.25) is 0 Å². The molecular weight excluding hydrogens is 247 g/mol. The third-order valence-electron chi connectivity index (χ3n) is 3.33. The van der Waals surface area contributed by atoms with E-state index in [9.17, 15) is 18.0 Å².